The van der Waals surface area contributed by atoms with Gasteiger partial charge < -0.3 is 15.8 Å². The van der Waals surface area contributed by atoms with Crippen molar-refractivity contribution in [2.45, 2.75) is 6.54 Å². The van der Waals surface area contributed by atoms with Gasteiger partial charge in [-0.05, 0) is 30.3 Å². The van der Waals surface area contributed by atoms with Crippen LogP contribution in [0.25, 0.3) is 5.69 Å². The average Bonchev–Trinajstić information content (AvgIpc) is 2.93. The number of nitrogens with two attached hydrogens (primary N) is 1. The second-order valence-electron chi connectivity index (χ2n) is 3.91. The largest absolute Gasteiger partial charge is 0.497 e. The van der Waals surface area contributed by atoms with Gasteiger partial charge in [-0.3, -0.25) is 4.99 Å². The standard InChI is InChI=1S/C13H17N5O.HI/c1-15-13(14)16-9-10-7-8-18(17-10)11-3-5-12(19-2)6-4-11;/h3-8H,9H2,1-2H3,(H3,14,15,16);1H. The van der Waals surface area contributed by atoms with Crippen LogP contribution in [0.3, 0.4) is 0 Å². The monoisotopic (exact) mass is 387 g/mol. The molecule has 1 aromatic heterocycles. The van der Waals surface area contributed by atoms with Gasteiger partial charge in [-0.25, -0.2) is 4.68 Å². The number of hydrogen-bond acceptors (Lipinski definition) is 3. The first-order valence-electron chi connectivity index (χ1n) is 5.88. The Morgan fingerprint density at radius 1 is 1.35 bits per heavy atom. The molecule has 3 N–H and O–H groups in total. The van der Waals surface area contributed by atoms with Crippen LogP contribution < -0.4 is 15.8 Å². The molecule has 0 saturated heterocycles. The van der Waals surface area contributed by atoms with Crippen LogP contribution in [0.4, 0.5) is 0 Å². The number of hydrogen-bond donors (Lipinski definition) is 2. The zero-order valence-corrected chi connectivity index (χ0v) is 13.7. The lowest BCUT2D eigenvalue weighted by Crippen LogP contribution is -2.30. The molecule has 7 heteroatoms. The van der Waals surface area contributed by atoms with Crippen LogP contribution in [0.2, 0.25) is 0 Å². The van der Waals surface area contributed by atoms with Crippen LogP contribution in [0.1, 0.15) is 5.69 Å². The van der Waals surface area contributed by atoms with Crippen molar-refractivity contribution in [1.29, 1.82) is 0 Å². The molecule has 1 aromatic carbocycles. The molecular weight excluding hydrogens is 369 g/mol. The highest BCUT2D eigenvalue weighted by Crippen LogP contribution is 2.14. The second kappa shape index (κ2) is 7.73. The highest BCUT2D eigenvalue weighted by molar-refractivity contribution is 14.0. The van der Waals surface area contributed by atoms with Crippen LogP contribution in [-0.2, 0) is 6.54 Å². The number of aromatic nitrogens is 2. The Balaban J connectivity index is 0.00000200. The third-order valence-corrected chi connectivity index (χ3v) is 2.67. The van der Waals surface area contributed by atoms with E-state index in [1.165, 1.54) is 0 Å². The third kappa shape index (κ3) is 4.12. The van der Waals surface area contributed by atoms with E-state index in [4.69, 9.17) is 10.5 Å². The van der Waals surface area contributed by atoms with Gasteiger partial charge in [-0.2, -0.15) is 5.10 Å². The molecule has 20 heavy (non-hydrogen) atoms. The minimum absolute atomic E-state index is 0. The Morgan fingerprint density at radius 3 is 2.65 bits per heavy atom. The maximum atomic E-state index is 5.56. The van der Waals surface area contributed by atoms with Gasteiger partial charge in [-0.15, -0.1) is 24.0 Å². The summed E-state index contributed by atoms with van der Waals surface area (Å²) in [6.07, 6.45) is 1.90. The van der Waals surface area contributed by atoms with Crippen molar-refractivity contribution in [1.82, 2.24) is 15.1 Å². The normalized spacial score (nSPS) is 10.8. The molecule has 2 rings (SSSR count). The summed E-state index contributed by atoms with van der Waals surface area (Å²) in [5.74, 6) is 1.23. The molecule has 0 amide bonds. The predicted octanol–water partition coefficient (Wildman–Crippen LogP) is 1.53. The molecule has 0 aliphatic carbocycles. The van der Waals surface area contributed by atoms with Crippen molar-refractivity contribution >= 4 is 29.9 Å². The van der Waals surface area contributed by atoms with Crippen LogP contribution in [-0.4, -0.2) is 29.9 Å². The number of nitrogens with one attached hydrogen (secondary N) is 1. The third-order valence-electron chi connectivity index (χ3n) is 2.67. The number of aliphatic imine (C=N–C) groups is 1. The van der Waals surface area contributed by atoms with E-state index < -0.39 is 0 Å². The number of guanidine groups is 1. The molecule has 0 bridgehead atoms. The fourth-order valence-corrected chi connectivity index (χ4v) is 1.59. The van der Waals surface area contributed by atoms with Crippen molar-refractivity contribution in [2.75, 3.05) is 14.2 Å². The van der Waals surface area contributed by atoms with Gasteiger partial charge in [0.15, 0.2) is 5.96 Å². The van der Waals surface area contributed by atoms with Crippen molar-refractivity contribution in [3.05, 3.63) is 42.2 Å². The van der Waals surface area contributed by atoms with Crippen molar-refractivity contribution in [3.8, 4) is 11.4 Å². The predicted molar refractivity (Wildman–Crippen MR) is 89.9 cm³/mol. The quantitative estimate of drug-likeness (QED) is 0.474. The Bertz CT molecular complexity index is 564. The summed E-state index contributed by atoms with van der Waals surface area (Å²) in [5, 5.41) is 7.41. The molecule has 108 valence electrons. The van der Waals surface area contributed by atoms with Gasteiger partial charge in [0, 0.05) is 13.2 Å². The Kier molecular flexibility index (Phi) is 6.29. The molecule has 0 aliphatic heterocycles. The fraction of sp³-hybridized carbons (Fsp3) is 0.231. The first-order chi connectivity index (χ1) is 9.22. The lowest BCUT2D eigenvalue weighted by Gasteiger charge is -2.04. The molecule has 6 nitrogen and oxygen atoms in total. The lowest BCUT2D eigenvalue weighted by atomic mass is 10.3. The molecule has 2 aromatic rings. The summed E-state index contributed by atoms with van der Waals surface area (Å²) in [7, 11) is 3.28. The van der Waals surface area contributed by atoms with E-state index in [0.717, 1.165) is 17.1 Å². The maximum Gasteiger partial charge on any atom is 0.188 e. The second-order valence-corrected chi connectivity index (χ2v) is 3.91. The Hall–Kier alpha value is -1.77. The van der Waals surface area contributed by atoms with E-state index in [-0.39, 0.29) is 24.0 Å². The highest BCUT2D eigenvalue weighted by atomic mass is 127. The molecule has 0 aliphatic rings. The van der Waals surface area contributed by atoms with E-state index in [1.54, 1.807) is 18.8 Å². The summed E-state index contributed by atoms with van der Waals surface area (Å²) >= 11 is 0. The van der Waals surface area contributed by atoms with Gasteiger partial charge in [-0.1, -0.05) is 0 Å². The number of methoxy groups -OCH3 is 1. The Labute approximate surface area is 135 Å². The van der Waals surface area contributed by atoms with Crippen LogP contribution in [0, 0.1) is 0 Å². The van der Waals surface area contributed by atoms with Gasteiger partial charge >= 0.3 is 0 Å². The van der Waals surface area contributed by atoms with E-state index in [0.29, 0.717) is 12.5 Å². The van der Waals surface area contributed by atoms with Gasteiger partial charge in [0.25, 0.3) is 0 Å². The zero-order valence-electron chi connectivity index (χ0n) is 11.4. The summed E-state index contributed by atoms with van der Waals surface area (Å²) in [6, 6.07) is 9.63. The van der Waals surface area contributed by atoms with Gasteiger partial charge in [0.05, 0.1) is 25.0 Å². The number of ether oxygens (including phenoxy) is 1. The molecule has 0 unspecified atom stereocenters. The maximum absolute atomic E-state index is 5.56. The summed E-state index contributed by atoms with van der Waals surface area (Å²) in [4.78, 5) is 3.82. The minimum atomic E-state index is 0. The van der Waals surface area contributed by atoms with E-state index in [1.807, 2.05) is 36.5 Å². The number of benzene rings is 1. The fourth-order valence-electron chi connectivity index (χ4n) is 1.59. The number of rotatable bonds is 4. The van der Waals surface area contributed by atoms with Crippen LogP contribution in [0.5, 0.6) is 5.75 Å². The molecular formula is C13H18IN5O. The van der Waals surface area contributed by atoms with Crippen LogP contribution in [0.15, 0.2) is 41.5 Å². The summed E-state index contributed by atoms with van der Waals surface area (Å²) in [5.41, 5.74) is 7.43. The minimum Gasteiger partial charge on any atom is -0.497 e. The lowest BCUT2D eigenvalue weighted by molar-refractivity contribution is 0.414. The molecule has 0 saturated carbocycles. The number of halogens is 1. The number of nitrogens with zero attached hydrogens (tertiary/aromatic N) is 3. The first-order valence-corrected chi connectivity index (χ1v) is 5.88. The summed E-state index contributed by atoms with van der Waals surface area (Å²) < 4.78 is 6.92. The van der Waals surface area contributed by atoms with E-state index in [2.05, 4.69) is 15.4 Å². The van der Waals surface area contributed by atoms with Crippen molar-refractivity contribution in [3.63, 3.8) is 0 Å². The molecule has 0 atom stereocenters. The summed E-state index contributed by atoms with van der Waals surface area (Å²) in [6.45, 7) is 0.548. The Morgan fingerprint density at radius 2 is 2.05 bits per heavy atom. The van der Waals surface area contributed by atoms with E-state index >= 15 is 0 Å². The van der Waals surface area contributed by atoms with E-state index in [9.17, 15) is 0 Å². The van der Waals surface area contributed by atoms with Crippen LogP contribution >= 0.6 is 24.0 Å². The first kappa shape index (κ1) is 16.3. The van der Waals surface area contributed by atoms with Gasteiger partial charge in [0.2, 0.25) is 0 Å². The zero-order chi connectivity index (χ0) is 13.7. The van der Waals surface area contributed by atoms with Crippen molar-refractivity contribution < 1.29 is 4.74 Å². The molecule has 0 spiro atoms. The smallest absolute Gasteiger partial charge is 0.188 e. The van der Waals surface area contributed by atoms with Crippen molar-refractivity contribution in [2.24, 2.45) is 10.7 Å². The topological polar surface area (TPSA) is 77.5 Å². The van der Waals surface area contributed by atoms with Gasteiger partial charge in [0.1, 0.15) is 5.75 Å². The average molecular weight is 387 g/mol. The highest BCUT2D eigenvalue weighted by Gasteiger charge is 2.02. The molecule has 0 radical (unpaired) electrons. The molecule has 1 heterocycles. The molecule has 0 fully saturated rings. The SMILES string of the molecule is CN=C(N)NCc1ccn(-c2ccc(OC)cc2)n1.I.